The predicted octanol–water partition coefficient (Wildman–Crippen LogP) is 3.42. The summed E-state index contributed by atoms with van der Waals surface area (Å²) in [7, 11) is 1.49. The first-order chi connectivity index (χ1) is 14.6. The number of piperidine rings is 1. The van der Waals surface area contributed by atoms with Gasteiger partial charge in [-0.15, -0.1) is 0 Å². The van der Waals surface area contributed by atoms with E-state index in [9.17, 15) is 13.6 Å². The molecule has 0 aliphatic carbocycles. The van der Waals surface area contributed by atoms with Crippen molar-refractivity contribution in [2.75, 3.05) is 25.5 Å². The lowest BCUT2D eigenvalue weighted by molar-refractivity contribution is 0.0624. The largest absolute Gasteiger partial charge is 0.480 e. The molecule has 3 heterocycles. The van der Waals surface area contributed by atoms with E-state index in [4.69, 9.17) is 4.74 Å². The van der Waals surface area contributed by atoms with Gasteiger partial charge >= 0.3 is 0 Å². The Morgan fingerprint density at radius 1 is 1.23 bits per heavy atom. The third-order valence-electron chi connectivity index (χ3n) is 5.19. The van der Waals surface area contributed by atoms with Crippen LogP contribution in [0.25, 0.3) is 11.0 Å². The van der Waals surface area contributed by atoms with Gasteiger partial charge in [-0.05, 0) is 31.4 Å². The van der Waals surface area contributed by atoms with Crippen LogP contribution in [0.15, 0.2) is 36.7 Å². The third-order valence-corrected chi connectivity index (χ3v) is 5.19. The van der Waals surface area contributed by atoms with Crippen LogP contribution in [0, 0.1) is 11.6 Å². The van der Waals surface area contributed by atoms with E-state index in [0.29, 0.717) is 30.4 Å². The van der Waals surface area contributed by atoms with E-state index in [1.165, 1.54) is 13.3 Å². The Labute approximate surface area is 172 Å². The Hall–Kier alpha value is -3.36. The van der Waals surface area contributed by atoms with Gasteiger partial charge in [0.1, 0.15) is 11.4 Å². The van der Waals surface area contributed by atoms with Crippen molar-refractivity contribution in [3.05, 3.63) is 53.9 Å². The van der Waals surface area contributed by atoms with Crippen LogP contribution < -0.4 is 10.1 Å². The van der Waals surface area contributed by atoms with Crippen molar-refractivity contribution in [1.29, 1.82) is 0 Å². The fraction of sp³-hybridized carbons (Fsp3) is 0.333. The fourth-order valence-corrected chi connectivity index (χ4v) is 3.67. The van der Waals surface area contributed by atoms with Gasteiger partial charge in [0.25, 0.3) is 5.91 Å². The van der Waals surface area contributed by atoms with Crippen molar-refractivity contribution in [3.8, 4) is 5.88 Å². The van der Waals surface area contributed by atoms with E-state index in [-0.39, 0.29) is 23.0 Å². The van der Waals surface area contributed by atoms with Crippen LogP contribution in [0.5, 0.6) is 5.88 Å². The molecular formula is C21H21F2N5O2. The summed E-state index contributed by atoms with van der Waals surface area (Å²) in [6.45, 7) is 1.09. The summed E-state index contributed by atoms with van der Waals surface area (Å²) in [6, 6.07) is 5.40. The lowest BCUT2D eigenvalue weighted by atomic mass is 10.0. The van der Waals surface area contributed by atoms with E-state index in [1.54, 1.807) is 18.3 Å². The summed E-state index contributed by atoms with van der Waals surface area (Å²) in [5, 5.41) is 3.17. The van der Waals surface area contributed by atoms with Crippen LogP contribution >= 0.6 is 0 Å². The van der Waals surface area contributed by atoms with Crippen LogP contribution in [0.2, 0.25) is 0 Å². The third kappa shape index (κ3) is 4.00. The van der Waals surface area contributed by atoms with Gasteiger partial charge < -0.3 is 15.0 Å². The minimum Gasteiger partial charge on any atom is -0.480 e. The maximum atomic E-state index is 13.5. The zero-order chi connectivity index (χ0) is 21.1. The summed E-state index contributed by atoms with van der Waals surface area (Å²) in [5.74, 6) is -1.32. The van der Waals surface area contributed by atoms with Crippen molar-refractivity contribution < 1.29 is 18.3 Å². The number of nitrogens with one attached hydrogen (secondary N) is 1. The number of hydrogen-bond acceptors (Lipinski definition) is 6. The molecule has 0 saturated carbocycles. The average molecular weight is 413 g/mol. The number of likely N-dealkylation sites (tertiary alicyclic amines) is 1. The Balaban J connectivity index is 1.50. The molecular weight excluding hydrogens is 392 g/mol. The molecule has 7 nitrogen and oxygen atoms in total. The minimum atomic E-state index is -0.969. The second kappa shape index (κ2) is 8.56. The molecule has 1 N–H and O–H groups in total. The van der Waals surface area contributed by atoms with Gasteiger partial charge in [0, 0.05) is 37.5 Å². The molecule has 3 aromatic rings. The van der Waals surface area contributed by atoms with Crippen molar-refractivity contribution in [2.24, 2.45) is 0 Å². The highest BCUT2D eigenvalue weighted by molar-refractivity contribution is 5.96. The maximum absolute atomic E-state index is 13.5. The number of fused-ring (bicyclic) bond motifs is 1. The molecule has 1 aromatic carbocycles. The normalized spacial score (nSPS) is 16.5. The van der Waals surface area contributed by atoms with Gasteiger partial charge in [0.15, 0.2) is 11.6 Å². The van der Waals surface area contributed by atoms with E-state index < -0.39 is 11.6 Å². The molecule has 1 aliphatic heterocycles. The number of carbonyl (C=O) groups excluding carboxylic acids is 1. The molecule has 0 bridgehead atoms. The highest BCUT2D eigenvalue weighted by Crippen LogP contribution is 2.24. The number of ether oxygens (including phenoxy) is 1. The van der Waals surface area contributed by atoms with E-state index >= 15 is 0 Å². The summed E-state index contributed by atoms with van der Waals surface area (Å²) in [5.41, 5.74) is 0.961. The standard InChI is InChI=1S/C21H21F2N5O2/c1-30-20-14(6-4-7-24-20)21(29)28-8-3-2-5-13(28)11-26-19-12-25-17-9-15(22)16(23)10-18(17)27-19/h4,6-7,9-10,12-13H,2-3,5,8,11H2,1H3,(H,26,27)/t13-/m0/s1. The maximum Gasteiger partial charge on any atom is 0.259 e. The van der Waals surface area contributed by atoms with E-state index in [0.717, 1.165) is 31.4 Å². The second-order valence-electron chi connectivity index (χ2n) is 7.10. The number of pyridine rings is 1. The smallest absolute Gasteiger partial charge is 0.259 e. The molecule has 0 radical (unpaired) electrons. The quantitative estimate of drug-likeness (QED) is 0.691. The molecule has 0 spiro atoms. The van der Waals surface area contributed by atoms with Crippen molar-refractivity contribution in [1.82, 2.24) is 19.9 Å². The summed E-state index contributed by atoms with van der Waals surface area (Å²) in [6.07, 6.45) is 5.82. The van der Waals surface area contributed by atoms with Crippen molar-refractivity contribution in [3.63, 3.8) is 0 Å². The number of aromatic nitrogens is 3. The van der Waals surface area contributed by atoms with Gasteiger partial charge in [-0.25, -0.2) is 18.7 Å². The Morgan fingerprint density at radius 3 is 2.83 bits per heavy atom. The topological polar surface area (TPSA) is 80.2 Å². The zero-order valence-electron chi connectivity index (χ0n) is 16.4. The molecule has 156 valence electrons. The molecule has 1 saturated heterocycles. The monoisotopic (exact) mass is 413 g/mol. The molecule has 0 unspecified atom stereocenters. The molecule has 1 fully saturated rings. The number of methoxy groups -OCH3 is 1. The number of hydrogen-bond donors (Lipinski definition) is 1. The molecule has 1 aliphatic rings. The molecule has 2 aromatic heterocycles. The van der Waals surface area contributed by atoms with Gasteiger partial charge in [-0.2, -0.15) is 0 Å². The summed E-state index contributed by atoms with van der Waals surface area (Å²) in [4.78, 5) is 27.5. The Bertz CT molecular complexity index is 1080. The average Bonchev–Trinajstić information content (AvgIpc) is 2.78. The van der Waals surface area contributed by atoms with Gasteiger partial charge in [-0.3, -0.25) is 9.78 Å². The number of anilines is 1. The SMILES string of the molecule is COc1ncccc1C(=O)N1CCCC[C@H]1CNc1cnc2cc(F)c(F)cc2n1. The number of halogens is 2. The first-order valence-corrected chi connectivity index (χ1v) is 9.72. The van der Waals surface area contributed by atoms with Crippen LogP contribution in [0.1, 0.15) is 29.6 Å². The van der Waals surface area contributed by atoms with Gasteiger partial charge in [-0.1, -0.05) is 0 Å². The number of amides is 1. The summed E-state index contributed by atoms with van der Waals surface area (Å²) >= 11 is 0. The highest BCUT2D eigenvalue weighted by Gasteiger charge is 2.29. The zero-order valence-corrected chi connectivity index (χ0v) is 16.4. The number of benzene rings is 1. The molecule has 1 atom stereocenters. The molecule has 4 rings (SSSR count). The number of rotatable bonds is 5. The van der Waals surface area contributed by atoms with Crippen LogP contribution in [-0.2, 0) is 0 Å². The van der Waals surface area contributed by atoms with Gasteiger partial charge in [0.2, 0.25) is 5.88 Å². The van der Waals surface area contributed by atoms with Crippen molar-refractivity contribution in [2.45, 2.75) is 25.3 Å². The van der Waals surface area contributed by atoms with Crippen LogP contribution in [0.3, 0.4) is 0 Å². The summed E-state index contributed by atoms with van der Waals surface area (Å²) < 4.78 is 32.1. The van der Waals surface area contributed by atoms with Crippen molar-refractivity contribution >= 4 is 22.8 Å². The predicted molar refractivity (Wildman–Crippen MR) is 107 cm³/mol. The highest BCUT2D eigenvalue weighted by atomic mass is 19.2. The van der Waals surface area contributed by atoms with Crippen LogP contribution in [0.4, 0.5) is 14.6 Å². The second-order valence-corrected chi connectivity index (χ2v) is 7.10. The lowest BCUT2D eigenvalue weighted by Gasteiger charge is -2.36. The van der Waals surface area contributed by atoms with Gasteiger partial charge in [0.05, 0.1) is 24.3 Å². The fourth-order valence-electron chi connectivity index (χ4n) is 3.67. The number of nitrogens with zero attached hydrogens (tertiary/aromatic N) is 4. The Morgan fingerprint density at radius 2 is 2.03 bits per heavy atom. The molecule has 9 heteroatoms. The Kier molecular flexibility index (Phi) is 5.69. The van der Waals surface area contributed by atoms with E-state index in [1.807, 2.05) is 4.90 Å². The van der Waals surface area contributed by atoms with Crippen LogP contribution in [-0.4, -0.2) is 52.0 Å². The first kappa shape index (κ1) is 19.9. The molecule has 30 heavy (non-hydrogen) atoms. The molecule has 1 amide bonds. The first-order valence-electron chi connectivity index (χ1n) is 9.72. The minimum absolute atomic E-state index is 0.0568. The lowest BCUT2D eigenvalue weighted by Crippen LogP contribution is -2.47. The van der Waals surface area contributed by atoms with E-state index in [2.05, 4.69) is 20.3 Å². The number of carbonyl (C=O) groups is 1.